The van der Waals surface area contributed by atoms with Gasteiger partial charge in [-0.25, -0.2) is 14.7 Å². The van der Waals surface area contributed by atoms with E-state index in [1.54, 1.807) is 29.2 Å². The van der Waals surface area contributed by atoms with Crippen LogP contribution in [0.4, 0.5) is 29.3 Å². The maximum absolute atomic E-state index is 12.8. The highest BCUT2D eigenvalue weighted by Crippen LogP contribution is 2.36. The minimum atomic E-state index is -4.61. The van der Waals surface area contributed by atoms with Crippen molar-refractivity contribution in [3.63, 3.8) is 0 Å². The SMILES string of the molecule is O=C(NNc1cccc(-n2cn[nH]2)c1)Nc1ccc(Cl)c(C(F)(F)F)c1. The lowest BCUT2D eigenvalue weighted by Crippen LogP contribution is -2.33. The first-order valence-corrected chi connectivity index (χ1v) is 7.58. The molecule has 0 saturated heterocycles. The Labute approximate surface area is 150 Å². The first-order chi connectivity index (χ1) is 12.3. The van der Waals surface area contributed by atoms with Crippen molar-refractivity contribution < 1.29 is 18.0 Å². The third kappa shape index (κ3) is 4.09. The molecular weight excluding hydrogens is 373 g/mol. The number of hydrogen-bond acceptors (Lipinski definition) is 3. The summed E-state index contributed by atoms with van der Waals surface area (Å²) in [6.07, 6.45) is -3.05. The van der Waals surface area contributed by atoms with Crippen LogP contribution in [0.1, 0.15) is 5.56 Å². The lowest BCUT2D eigenvalue weighted by atomic mass is 10.2. The quantitative estimate of drug-likeness (QED) is 0.512. The van der Waals surface area contributed by atoms with E-state index < -0.39 is 22.8 Å². The molecule has 3 aromatic rings. The predicted octanol–water partition coefficient (Wildman–Crippen LogP) is 4.02. The van der Waals surface area contributed by atoms with Crippen molar-refractivity contribution in [2.75, 3.05) is 10.7 Å². The molecule has 7 nitrogen and oxygen atoms in total. The van der Waals surface area contributed by atoms with E-state index in [0.717, 1.165) is 17.8 Å². The van der Waals surface area contributed by atoms with Crippen molar-refractivity contribution >= 4 is 29.0 Å². The van der Waals surface area contributed by atoms with Crippen LogP contribution in [0.2, 0.25) is 5.02 Å². The van der Waals surface area contributed by atoms with Gasteiger partial charge in [-0.2, -0.15) is 13.2 Å². The lowest BCUT2D eigenvalue weighted by Gasteiger charge is -2.14. The van der Waals surface area contributed by atoms with E-state index in [0.29, 0.717) is 5.69 Å². The van der Waals surface area contributed by atoms with E-state index in [-0.39, 0.29) is 5.69 Å². The monoisotopic (exact) mass is 384 g/mol. The molecule has 11 heteroatoms. The molecule has 0 fully saturated rings. The second kappa shape index (κ2) is 7.00. The summed E-state index contributed by atoms with van der Waals surface area (Å²) in [5.41, 5.74) is 5.26. The number of halogens is 4. The van der Waals surface area contributed by atoms with Crippen molar-refractivity contribution in [2.24, 2.45) is 0 Å². The van der Waals surface area contributed by atoms with Gasteiger partial charge >= 0.3 is 12.2 Å². The molecule has 4 N–H and O–H groups in total. The van der Waals surface area contributed by atoms with Crippen LogP contribution in [0.15, 0.2) is 48.8 Å². The van der Waals surface area contributed by atoms with Gasteiger partial charge < -0.3 is 5.32 Å². The molecule has 0 radical (unpaired) electrons. The van der Waals surface area contributed by atoms with Gasteiger partial charge in [0.2, 0.25) is 0 Å². The van der Waals surface area contributed by atoms with Gasteiger partial charge in [0.25, 0.3) is 0 Å². The van der Waals surface area contributed by atoms with Gasteiger partial charge in [-0.1, -0.05) is 17.7 Å². The van der Waals surface area contributed by atoms with Gasteiger partial charge in [0, 0.05) is 5.69 Å². The zero-order valence-electron chi connectivity index (χ0n) is 12.9. The van der Waals surface area contributed by atoms with Crippen molar-refractivity contribution in [1.29, 1.82) is 0 Å². The molecule has 0 bridgehead atoms. The van der Waals surface area contributed by atoms with Crippen LogP contribution in [0.5, 0.6) is 0 Å². The van der Waals surface area contributed by atoms with Crippen LogP contribution in [-0.2, 0) is 6.18 Å². The third-order valence-corrected chi connectivity index (χ3v) is 3.64. The fourth-order valence-electron chi connectivity index (χ4n) is 2.08. The number of nitrogens with one attached hydrogen (secondary N) is 4. The lowest BCUT2D eigenvalue weighted by molar-refractivity contribution is -0.137. The summed E-state index contributed by atoms with van der Waals surface area (Å²) in [6, 6.07) is 9.35. The number of benzene rings is 2. The van der Waals surface area contributed by atoms with E-state index >= 15 is 0 Å². The highest BCUT2D eigenvalue weighted by atomic mass is 35.5. The maximum atomic E-state index is 12.8. The highest BCUT2D eigenvalue weighted by molar-refractivity contribution is 6.31. The second-order valence-corrected chi connectivity index (χ2v) is 5.57. The summed E-state index contributed by atoms with van der Waals surface area (Å²) >= 11 is 5.54. The van der Waals surface area contributed by atoms with Gasteiger partial charge in [0.1, 0.15) is 6.33 Å². The zero-order chi connectivity index (χ0) is 18.7. The number of aromatic amines is 1. The van der Waals surface area contributed by atoms with Gasteiger partial charge in [-0.3, -0.25) is 10.9 Å². The Kier molecular flexibility index (Phi) is 4.76. The third-order valence-electron chi connectivity index (χ3n) is 3.31. The Morgan fingerprint density at radius 1 is 1.15 bits per heavy atom. The Morgan fingerprint density at radius 2 is 1.92 bits per heavy atom. The summed E-state index contributed by atoms with van der Waals surface area (Å²) in [4.78, 5) is 11.9. The Balaban J connectivity index is 1.62. The molecule has 136 valence electrons. The number of H-pyrrole nitrogens is 1. The van der Waals surface area contributed by atoms with Gasteiger partial charge in [0.05, 0.1) is 22.0 Å². The molecule has 0 saturated carbocycles. The summed E-state index contributed by atoms with van der Waals surface area (Å²) in [6.45, 7) is 0. The number of rotatable bonds is 4. The molecular formula is C15H12ClF3N6O. The number of aromatic nitrogens is 3. The molecule has 3 rings (SSSR count). The largest absolute Gasteiger partial charge is 0.417 e. The van der Waals surface area contributed by atoms with Crippen molar-refractivity contribution in [3.05, 3.63) is 59.4 Å². The fraction of sp³-hybridized carbons (Fsp3) is 0.0667. The highest BCUT2D eigenvalue weighted by Gasteiger charge is 2.33. The molecule has 2 aromatic carbocycles. The zero-order valence-corrected chi connectivity index (χ0v) is 13.7. The van der Waals surface area contributed by atoms with Crippen LogP contribution in [0, 0.1) is 0 Å². The van der Waals surface area contributed by atoms with Gasteiger partial charge in [-0.05, 0) is 36.4 Å². The number of hydrogen-bond donors (Lipinski definition) is 4. The van der Waals surface area contributed by atoms with E-state index in [9.17, 15) is 18.0 Å². The van der Waals surface area contributed by atoms with Gasteiger partial charge in [-0.15, -0.1) is 5.10 Å². The molecule has 0 atom stereocenters. The van der Waals surface area contributed by atoms with E-state index in [2.05, 4.69) is 26.5 Å². The molecule has 1 heterocycles. The molecule has 0 aliphatic carbocycles. The molecule has 1 aromatic heterocycles. The van der Waals surface area contributed by atoms with Gasteiger partial charge in [0.15, 0.2) is 0 Å². The second-order valence-electron chi connectivity index (χ2n) is 5.16. The molecule has 0 unspecified atom stereocenters. The summed E-state index contributed by atoms with van der Waals surface area (Å²) < 4.78 is 40.1. The number of carbonyl (C=O) groups excluding carboxylic acids is 1. The van der Waals surface area contributed by atoms with Crippen LogP contribution in [0.25, 0.3) is 5.69 Å². The number of hydrazine groups is 1. The molecule has 26 heavy (non-hydrogen) atoms. The molecule has 2 amide bonds. The van der Waals surface area contributed by atoms with E-state index in [1.807, 2.05) is 6.07 Å². The first kappa shape index (κ1) is 17.7. The van der Waals surface area contributed by atoms with E-state index in [1.165, 1.54) is 6.07 Å². The minimum Gasteiger partial charge on any atom is -0.307 e. The Hall–Kier alpha value is -3.14. The molecule has 0 spiro atoms. The van der Waals surface area contributed by atoms with Crippen molar-refractivity contribution in [1.82, 2.24) is 20.4 Å². The van der Waals surface area contributed by atoms with Crippen molar-refractivity contribution in [3.8, 4) is 5.69 Å². The topological polar surface area (TPSA) is 86.8 Å². The number of urea groups is 1. The smallest absolute Gasteiger partial charge is 0.307 e. The predicted molar refractivity (Wildman–Crippen MR) is 90.1 cm³/mol. The summed E-state index contributed by atoms with van der Waals surface area (Å²) in [5, 5.41) is 8.25. The van der Waals surface area contributed by atoms with Crippen LogP contribution in [-0.4, -0.2) is 21.0 Å². The molecule has 0 aliphatic heterocycles. The summed E-state index contributed by atoms with van der Waals surface area (Å²) in [7, 11) is 0. The average Bonchev–Trinajstić information content (AvgIpc) is 2.52. The number of amides is 2. The Morgan fingerprint density at radius 3 is 2.58 bits per heavy atom. The molecule has 0 aliphatic rings. The number of nitrogens with zero attached hydrogens (tertiary/aromatic N) is 2. The van der Waals surface area contributed by atoms with Crippen LogP contribution < -0.4 is 16.2 Å². The van der Waals surface area contributed by atoms with Crippen molar-refractivity contribution in [2.45, 2.75) is 6.18 Å². The average molecular weight is 385 g/mol. The Bertz CT molecular complexity index is 911. The maximum Gasteiger partial charge on any atom is 0.417 e. The standard InChI is InChI=1S/C15H12ClF3N6O/c16-13-5-4-9(7-12(13)15(17,18)19)21-14(26)23-22-10-2-1-3-11(6-10)25-8-20-24-25/h1-8,22,24H,(H2,21,23,26). The van der Waals surface area contributed by atoms with E-state index in [4.69, 9.17) is 11.6 Å². The number of anilines is 2. The van der Waals surface area contributed by atoms with Crippen LogP contribution >= 0.6 is 11.6 Å². The summed E-state index contributed by atoms with van der Waals surface area (Å²) in [5.74, 6) is 0. The first-order valence-electron chi connectivity index (χ1n) is 7.21. The number of alkyl halides is 3. The fourth-order valence-corrected chi connectivity index (χ4v) is 2.31. The minimum absolute atomic E-state index is 0.0456. The van der Waals surface area contributed by atoms with Crippen LogP contribution in [0.3, 0.4) is 0 Å². The normalized spacial score (nSPS) is 11.2. The number of carbonyl (C=O) groups is 1.